The zero-order valence-corrected chi connectivity index (χ0v) is 15.3. The van der Waals surface area contributed by atoms with E-state index in [-0.39, 0.29) is 34.5 Å². The summed E-state index contributed by atoms with van der Waals surface area (Å²) in [5.74, 6) is -0.189. The van der Waals surface area contributed by atoms with Gasteiger partial charge in [0.05, 0.1) is 5.92 Å². The minimum atomic E-state index is -0.299. The summed E-state index contributed by atoms with van der Waals surface area (Å²) in [4.78, 5) is 25.2. The Morgan fingerprint density at radius 3 is 1.70 bits per heavy atom. The molecule has 2 atom stereocenters. The summed E-state index contributed by atoms with van der Waals surface area (Å²) in [6.07, 6.45) is 5.29. The van der Waals surface area contributed by atoms with Gasteiger partial charge in [-0.3, -0.25) is 20.4 Å². The highest BCUT2D eigenvalue weighted by Gasteiger charge is 2.62. The van der Waals surface area contributed by atoms with Crippen molar-refractivity contribution < 1.29 is 9.59 Å². The van der Waals surface area contributed by atoms with Crippen LogP contribution >= 0.6 is 0 Å². The molecule has 27 heavy (non-hydrogen) atoms. The number of benzene rings is 2. The van der Waals surface area contributed by atoms with Crippen LogP contribution in [0.5, 0.6) is 0 Å². The maximum Gasteiger partial charge on any atom is 0.242 e. The molecule has 1 spiro atoms. The Labute approximate surface area is 159 Å². The van der Waals surface area contributed by atoms with Crippen molar-refractivity contribution >= 4 is 11.8 Å². The van der Waals surface area contributed by atoms with Gasteiger partial charge in [0.15, 0.2) is 0 Å². The van der Waals surface area contributed by atoms with E-state index < -0.39 is 0 Å². The maximum absolute atomic E-state index is 12.8. The van der Waals surface area contributed by atoms with Crippen LogP contribution in [0.1, 0.15) is 43.2 Å². The van der Waals surface area contributed by atoms with E-state index in [2.05, 4.69) is 35.1 Å². The Balaban J connectivity index is 1.30. The number of nitrogens with one attached hydrogen (secondary N) is 2. The number of carbonyl (C=O) groups is 2. The van der Waals surface area contributed by atoms with Crippen LogP contribution in [0.15, 0.2) is 60.7 Å². The molecule has 2 aromatic rings. The number of carbonyl (C=O) groups excluding carboxylic acids is 2. The number of amides is 2. The van der Waals surface area contributed by atoms with Crippen molar-refractivity contribution in [1.29, 1.82) is 0 Å². The highest BCUT2D eigenvalue weighted by atomic mass is 16.2. The third-order valence-corrected chi connectivity index (χ3v) is 7.02. The van der Waals surface area contributed by atoms with Crippen LogP contribution in [0.4, 0.5) is 0 Å². The van der Waals surface area contributed by atoms with Gasteiger partial charge in [0.2, 0.25) is 11.8 Å². The predicted octanol–water partition coefficient (Wildman–Crippen LogP) is 3.33. The molecule has 0 radical (unpaired) electrons. The largest absolute Gasteiger partial charge is 0.273 e. The standard InChI is InChI=1S/C23H24N2O2/c26-20(18-14-22(18)12-7-13-22)24-25-21(27)19-15-23(19,16-8-3-1-4-9-16)17-10-5-2-6-11-17/h1-6,8-11,18-19H,7,12-15H2,(H,24,26)(H,25,27)/t18-,19+/m1/s1. The number of hydrogen-bond donors (Lipinski definition) is 2. The summed E-state index contributed by atoms with van der Waals surface area (Å²) < 4.78 is 0. The van der Waals surface area contributed by atoms with Gasteiger partial charge in [0.25, 0.3) is 0 Å². The molecule has 2 aromatic carbocycles. The SMILES string of the molecule is O=C(NNC(=O)[C@@H]1CC1(c1ccccc1)c1ccccc1)[C@H]1CC12CCC2. The van der Waals surface area contributed by atoms with Gasteiger partial charge in [-0.2, -0.15) is 0 Å². The predicted molar refractivity (Wildman–Crippen MR) is 102 cm³/mol. The summed E-state index contributed by atoms with van der Waals surface area (Å²) in [5.41, 5.74) is 7.67. The summed E-state index contributed by atoms with van der Waals surface area (Å²) in [6.45, 7) is 0. The molecular weight excluding hydrogens is 336 g/mol. The number of hydrazine groups is 1. The van der Waals surface area contributed by atoms with Gasteiger partial charge >= 0.3 is 0 Å². The van der Waals surface area contributed by atoms with Crippen molar-refractivity contribution in [3.05, 3.63) is 71.8 Å². The zero-order chi connectivity index (χ0) is 18.5. The second-order valence-corrected chi connectivity index (χ2v) is 8.41. The van der Waals surface area contributed by atoms with Crippen LogP contribution in [-0.4, -0.2) is 11.8 Å². The lowest BCUT2D eigenvalue weighted by atomic mass is 9.80. The van der Waals surface area contributed by atoms with Crippen molar-refractivity contribution in [2.45, 2.75) is 37.5 Å². The highest BCUT2D eigenvalue weighted by Crippen LogP contribution is 2.65. The Hall–Kier alpha value is -2.62. The van der Waals surface area contributed by atoms with Crippen LogP contribution in [0.2, 0.25) is 0 Å². The fraction of sp³-hybridized carbons (Fsp3) is 0.391. The first-order chi connectivity index (χ1) is 13.2. The summed E-state index contributed by atoms with van der Waals surface area (Å²) >= 11 is 0. The quantitative estimate of drug-likeness (QED) is 0.822. The van der Waals surface area contributed by atoms with Crippen molar-refractivity contribution in [3.8, 4) is 0 Å². The Bertz CT molecular complexity index is 834. The van der Waals surface area contributed by atoms with Gasteiger partial charge in [-0.15, -0.1) is 0 Å². The number of rotatable bonds is 4. The second kappa shape index (κ2) is 5.95. The van der Waals surface area contributed by atoms with E-state index in [4.69, 9.17) is 0 Å². The molecule has 2 amide bonds. The summed E-state index contributed by atoms with van der Waals surface area (Å²) in [6, 6.07) is 20.4. The van der Waals surface area contributed by atoms with Gasteiger partial charge in [0, 0.05) is 11.3 Å². The van der Waals surface area contributed by atoms with Crippen LogP contribution in [0.25, 0.3) is 0 Å². The van der Waals surface area contributed by atoms with Gasteiger partial charge in [-0.05, 0) is 42.2 Å². The minimum absolute atomic E-state index is 0.0197. The highest BCUT2D eigenvalue weighted by molar-refractivity contribution is 5.89. The molecule has 3 saturated carbocycles. The molecule has 0 heterocycles. The molecule has 4 nitrogen and oxygen atoms in total. The summed E-state index contributed by atoms with van der Waals surface area (Å²) in [5, 5.41) is 0. The Morgan fingerprint density at radius 2 is 1.26 bits per heavy atom. The molecular formula is C23H24N2O2. The number of hydrogen-bond acceptors (Lipinski definition) is 2. The van der Waals surface area contributed by atoms with Gasteiger partial charge < -0.3 is 0 Å². The topological polar surface area (TPSA) is 58.2 Å². The molecule has 0 saturated heterocycles. The fourth-order valence-electron chi connectivity index (χ4n) is 5.05. The Morgan fingerprint density at radius 1 is 0.741 bits per heavy atom. The molecule has 0 aliphatic heterocycles. The van der Waals surface area contributed by atoms with Crippen molar-refractivity contribution in [1.82, 2.24) is 10.9 Å². The summed E-state index contributed by atoms with van der Waals surface area (Å²) in [7, 11) is 0. The van der Waals surface area contributed by atoms with Crippen LogP contribution < -0.4 is 10.9 Å². The van der Waals surface area contributed by atoms with Crippen LogP contribution in [-0.2, 0) is 15.0 Å². The second-order valence-electron chi connectivity index (χ2n) is 8.41. The molecule has 0 unspecified atom stereocenters. The van der Waals surface area contributed by atoms with E-state index in [9.17, 15) is 9.59 Å². The minimum Gasteiger partial charge on any atom is -0.273 e. The molecule has 4 heteroatoms. The maximum atomic E-state index is 12.8. The lowest BCUT2D eigenvalue weighted by Crippen LogP contribution is -2.45. The van der Waals surface area contributed by atoms with Gasteiger partial charge in [-0.25, -0.2) is 0 Å². The first kappa shape index (κ1) is 16.5. The van der Waals surface area contributed by atoms with E-state index >= 15 is 0 Å². The third kappa shape index (κ3) is 2.58. The van der Waals surface area contributed by atoms with Crippen molar-refractivity contribution in [2.75, 3.05) is 0 Å². The lowest BCUT2D eigenvalue weighted by Gasteiger charge is -2.26. The molecule has 3 aliphatic rings. The van der Waals surface area contributed by atoms with Crippen LogP contribution in [0, 0.1) is 17.3 Å². The van der Waals surface area contributed by atoms with Gasteiger partial charge in [-0.1, -0.05) is 67.1 Å². The van der Waals surface area contributed by atoms with E-state index in [1.54, 1.807) is 0 Å². The third-order valence-electron chi connectivity index (χ3n) is 7.02. The van der Waals surface area contributed by atoms with E-state index in [1.807, 2.05) is 36.4 Å². The van der Waals surface area contributed by atoms with Gasteiger partial charge in [0.1, 0.15) is 0 Å². The van der Waals surface area contributed by atoms with E-state index in [1.165, 1.54) is 6.42 Å². The average molecular weight is 360 g/mol. The zero-order valence-electron chi connectivity index (χ0n) is 15.3. The van der Waals surface area contributed by atoms with E-state index in [0.29, 0.717) is 0 Å². The van der Waals surface area contributed by atoms with Crippen LogP contribution in [0.3, 0.4) is 0 Å². The molecule has 5 rings (SSSR count). The lowest BCUT2D eigenvalue weighted by molar-refractivity contribution is -0.131. The van der Waals surface area contributed by atoms with Crippen molar-refractivity contribution in [3.63, 3.8) is 0 Å². The molecule has 0 aromatic heterocycles. The molecule has 3 aliphatic carbocycles. The average Bonchev–Trinajstić information content (AvgIpc) is 3.59. The van der Waals surface area contributed by atoms with E-state index in [0.717, 1.165) is 36.8 Å². The molecule has 2 N–H and O–H groups in total. The first-order valence-corrected chi connectivity index (χ1v) is 9.87. The normalized spacial score (nSPS) is 25.9. The molecule has 3 fully saturated rings. The molecule has 0 bridgehead atoms. The Kier molecular flexibility index (Phi) is 3.64. The fourth-order valence-corrected chi connectivity index (χ4v) is 5.05. The smallest absolute Gasteiger partial charge is 0.242 e. The van der Waals surface area contributed by atoms with Crippen molar-refractivity contribution in [2.24, 2.45) is 17.3 Å². The first-order valence-electron chi connectivity index (χ1n) is 9.87. The monoisotopic (exact) mass is 360 g/mol. The molecule has 138 valence electrons.